The van der Waals surface area contributed by atoms with Gasteiger partial charge in [-0.3, -0.25) is 9.59 Å². The maximum atomic E-state index is 10.7. The SMILES string of the molecule is NC(=O)c1ccc(=S)[nH]c1.NC(=O)c1ccc(S(=O)(=O)Cl)nc1. The van der Waals surface area contributed by atoms with Gasteiger partial charge in [0.25, 0.3) is 9.05 Å². The molecule has 0 saturated carbocycles. The van der Waals surface area contributed by atoms with E-state index in [4.69, 9.17) is 34.4 Å². The second-order valence-electron chi connectivity index (χ2n) is 3.99. The van der Waals surface area contributed by atoms with E-state index < -0.39 is 20.9 Å². The first-order valence-corrected chi connectivity index (χ1v) is 8.52. The third-order valence-electron chi connectivity index (χ3n) is 2.34. The molecule has 0 aliphatic carbocycles. The summed E-state index contributed by atoms with van der Waals surface area (Å²) in [6.07, 6.45) is 2.54. The molecule has 0 atom stereocenters. The highest BCUT2D eigenvalue weighted by Gasteiger charge is 2.11. The van der Waals surface area contributed by atoms with E-state index in [1.165, 1.54) is 12.3 Å². The topological polar surface area (TPSA) is 149 Å². The summed E-state index contributed by atoms with van der Waals surface area (Å²) in [6, 6.07) is 5.56. The number of aromatic amines is 1. The van der Waals surface area contributed by atoms with Crippen LogP contribution in [0.1, 0.15) is 20.7 Å². The summed E-state index contributed by atoms with van der Waals surface area (Å²) in [5.74, 6) is -1.13. The van der Waals surface area contributed by atoms with Crippen molar-refractivity contribution in [3.05, 3.63) is 52.4 Å². The monoisotopic (exact) mass is 374 g/mol. The molecular weight excluding hydrogens is 364 g/mol. The van der Waals surface area contributed by atoms with Crippen LogP contribution in [0.3, 0.4) is 0 Å². The van der Waals surface area contributed by atoms with E-state index >= 15 is 0 Å². The average Bonchev–Trinajstić information content (AvgIpc) is 2.47. The number of nitrogens with two attached hydrogens (primary N) is 2. The molecule has 11 heteroatoms. The predicted molar refractivity (Wildman–Crippen MR) is 85.9 cm³/mol. The molecule has 8 nitrogen and oxygen atoms in total. The largest absolute Gasteiger partial charge is 0.366 e. The highest BCUT2D eigenvalue weighted by atomic mass is 35.7. The Morgan fingerprint density at radius 2 is 1.65 bits per heavy atom. The third-order valence-corrected chi connectivity index (χ3v) is 3.81. The van der Waals surface area contributed by atoms with Crippen molar-refractivity contribution in [1.82, 2.24) is 9.97 Å². The second-order valence-corrected chi connectivity index (χ2v) is 6.95. The zero-order valence-corrected chi connectivity index (χ0v) is 13.8. The lowest BCUT2D eigenvalue weighted by molar-refractivity contribution is 0.0991. The fraction of sp³-hybridized carbons (Fsp3) is 0. The van der Waals surface area contributed by atoms with Crippen molar-refractivity contribution in [2.24, 2.45) is 11.5 Å². The van der Waals surface area contributed by atoms with Crippen molar-refractivity contribution in [2.45, 2.75) is 5.03 Å². The molecule has 0 aliphatic heterocycles. The minimum atomic E-state index is -3.84. The highest BCUT2D eigenvalue weighted by Crippen LogP contribution is 2.11. The molecule has 2 rings (SSSR count). The Hall–Kier alpha value is -2.30. The van der Waals surface area contributed by atoms with E-state index in [-0.39, 0.29) is 10.6 Å². The number of nitrogens with one attached hydrogen (secondary N) is 1. The summed E-state index contributed by atoms with van der Waals surface area (Å²) in [4.78, 5) is 27.2. The molecule has 122 valence electrons. The van der Waals surface area contributed by atoms with Gasteiger partial charge in [-0.15, -0.1) is 0 Å². The van der Waals surface area contributed by atoms with Crippen molar-refractivity contribution in [3.8, 4) is 0 Å². The van der Waals surface area contributed by atoms with E-state index in [1.807, 2.05) is 0 Å². The van der Waals surface area contributed by atoms with Crippen LogP contribution in [0.4, 0.5) is 0 Å². The molecule has 2 aromatic rings. The first-order valence-electron chi connectivity index (χ1n) is 5.80. The molecule has 0 bridgehead atoms. The lowest BCUT2D eigenvalue weighted by atomic mass is 10.3. The van der Waals surface area contributed by atoms with Gasteiger partial charge in [-0.25, -0.2) is 13.4 Å². The third kappa shape index (κ3) is 6.14. The number of rotatable bonds is 3. The van der Waals surface area contributed by atoms with E-state index in [2.05, 4.69) is 9.97 Å². The Bertz CT molecular complexity index is 858. The average molecular weight is 375 g/mol. The normalized spacial score (nSPS) is 10.3. The van der Waals surface area contributed by atoms with Crippen LogP contribution in [-0.2, 0) is 9.05 Å². The maximum absolute atomic E-state index is 10.7. The smallest absolute Gasteiger partial charge is 0.278 e. The van der Waals surface area contributed by atoms with Gasteiger partial charge in [0.1, 0.15) is 4.64 Å². The number of pyridine rings is 2. The Balaban J connectivity index is 0.000000238. The Labute approximate surface area is 140 Å². The van der Waals surface area contributed by atoms with Gasteiger partial charge in [0.15, 0.2) is 5.03 Å². The lowest BCUT2D eigenvalue weighted by Gasteiger charge is -1.96. The number of hydrogen-bond donors (Lipinski definition) is 3. The molecule has 23 heavy (non-hydrogen) atoms. The van der Waals surface area contributed by atoms with E-state index in [1.54, 1.807) is 12.1 Å². The van der Waals surface area contributed by atoms with E-state index in [9.17, 15) is 18.0 Å². The van der Waals surface area contributed by atoms with Gasteiger partial charge in [0.2, 0.25) is 11.8 Å². The number of H-pyrrole nitrogens is 1. The lowest BCUT2D eigenvalue weighted by Crippen LogP contribution is -2.11. The van der Waals surface area contributed by atoms with Gasteiger partial charge < -0.3 is 16.5 Å². The summed E-state index contributed by atoms with van der Waals surface area (Å²) in [5, 5.41) is -0.306. The van der Waals surface area contributed by atoms with Gasteiger partial charge in [0, 0.05) is 23.1 Å². The number of aromatic nitrogens is 2. The summed E-state index contributed by atoms with van der Waals surface area (Å²) in [5.41, 5.74) is 10.4. The van der Waals surface area contributed by atoms with Crippen LogP contribution in [-0.4, -0.2) is 30.2 Å². The van der Waals surface area contributed by atoms with Gasteiger partial charge in [-0.05, 0) is 24.3 Å². The number of carbonyl (C=O) groups excluding carboxylic acids is 2. The minimum Gasteiger partial charge on any atom is -0.366 e. The maximum Gasteiger partial charge on any atom is 0.278 e. The molecule has 0 unspecified atom stereocenters. The van der Waals surface area contributed by atoms with Crippen molar-refractivity contribution in [1.29, 1.82) is 0 Å². The minimum absolute atomic E-state index is 0.129. The van der Waals surface area contributed by atoms with Crippen LogP contribution in [0.5, 0.6) is 0 Å². The quantitative estimate of drug-likeness (QED) is 0.537. The van der Waals surface area contributed by atoms with Gasteiger partial charge in [-0.2, -0.15) is 0 Å². The van der Waals surface area contributed by atoms with Crippen molar-refractivity contribution < 1.29 is 18.0 Å². The molecule has 0 aliphatic rings. The Morgan fingerprint density at radius 1 is 1.09 bits per heavy atom. The first kappa shape index (κ1) is 18.7. The van der Waals surface area contributed by atoms with Crippen LogP contribution in [0, 0.1) is 4.64 Å². The molecule has 0 spiro atoms. The summed E-state index contributed by atoms with van der Waals surface area (Å²) in [7, 11) is 1.15. The Kier molecular flexibility index (Phi) is 6.37. The summed E-state index contributed by atoms with van der Waals surface area (Å²) < 4.78 is 22.0. The number of primary amides is 2. The number of amides is 2. The Morgan fingerprint density at radius 3 is 2.00 bits per heavy atom. The van der Waals surface area contributed by atoms with Crippen LogP contribution >= 0.6 is 22.9 Å². The predicted octanol–water partition coefficient (Wildman–Crippen LogP) is 0.951. The zero-order valence-electron chi connectivity index (χ0n) is 11.4. The van der Waals surface area contributed by atoms with Crippen LogP contribution in [0.15, 0.2) is 41.7 Å². The molecule has 2 heterocycles. The second kappa shape index (κ2) is 7.81. The molecule has 0 fully saturated rings. The van der Waals surface area contributed by atoms with Crippen LogP contribution in [0.2, 0.25) is 0 Å². The fourth-order valence-electron chi connectivity index (χ4n) is 1.23. The fourth-order valence-corrected chi connectivity index (χ4v) is 2.04. The molecule has 0 radical (unpaired) electrons. The number of hydrogen-bond acceptors (Lipinski definition) is 6. The van der Waals surface area contributed by atoms with Crippen LogP contribution in [0.25, 0.3) is 0 Å². The molecule has 0 aromatic carbocycles. The standard InChI is InChI=1S/C6H5ClN2O3S.C6H6N2OS/c7-13(11,12)5-2-1-4(3-9-5)6(8)10;7-6(9)4-1-2-5(10)8-3-4/h1-3H,(H2,8,10);1-3H,(H2,7,9)(H,8,10). The van der Waals surface area contributed by atoms with Crippen molar-refractivity contribution in [3.63, 3.8) is 0 Å². The molecular formula is C12H11ClN4O4S2. The zero-order chi connectivity index (χ0) is 17.6. The molecule has 0 saturated heterocycles. The number of nitrogens with zero attached hydrogens (tertiary/aromatic N) is 1. The van der Waals surface area contributed by atoms with Gasteiger partial charge in [0.05, 0.1) is 11.1 Å². The highest BCUT2D eigenvalue weighted by molar-refractivity contribution is 8.13. The van der Waals surface area contributed by atoms with Gasteiger partial charge >= 0.3 is 0 Å². The first-order chi connectivity index (χ1) is 10.6. The van der Waals surface area contributed by atoms with Crippen molar-refractivity contribution in [2.75, 3.05) is 0 Å². The van der Waals surface area contributed by atoms with Gasteiger partial charge in [-0.1, -0.05) is 12.2 Å². The molecule has 2 amide bonds. The number of carbonyl (C=O) groups is 2. The summed E-state index contributed by atoms with van der Waals surface area (Å²) in [6.45, 7) is 0. The molecule has 2 aromatic heterocycles. The molecule has 5 N–H and O–H groups in total. The number of halogens is 1. The summed E-state index contributed by atoms with van der Waals surface area (Å²) >= 11 is 4.75. The van der Waals surface area contributed by atoms with Crippen LogP contribution < -0.4 is 11.5 Å². The van der Waals surface area contributed by atoms with Crippen molar-refractivity contribution >= 4 is 43.8 Å². The van der Waals surface area contributed by atoms with E-state index in [0.29, 0.717) is 10.2 Å². The van der Waals surface area contributed by atoms with E-state index in [0.717, 1.165) is 12.3 Å².